The van der Waals surface area contributed by atoms with Crippen molar-refractivity contribution in [1.82, 2.24) is 5.32 Å². The molecular formula is C21H25NO3. The van der Waals surface area contributed by atoms with Gasteiger partial charge in [-0.25, -0.2) is 0 Å². The first-order chi connectivity index (χ1) is 12.2. The average molecular weight is 339 g/mol. The van der Waals surface area contributed by atoms with Crippen molar-refractivity contribution in [1.29, 1.82) is 0 Å². The number of nitrogens with one attached hydrogen (secondary N) is 1. The molecule has 132 valence electrons. The van der Waals surface area contributed by atoms with Gasteiger partial charge in [0.2, 0.25) is 5.91 Å². The molecule has 0 radical (unpaired) electrons. The van der Waals surface area contributed by atoms with E-state index in [1.54, 1.807) is 0 Å². The van der Waals surface area contributed by atoms with Crippen LogP contribution in [0.15, 0.2) is 54.6 Å². The number of rotatable bonds is 6. The summed E-state index contributed by atoms with van der Waals surface area (Å²) in [5, 5.41) is 3.00. The smallest absolute Gasteiger partial charge is 0.226 e. The third-order valence-electron chi connectivity index (χ3n) is 4.76. The van der Waals surface area contributed by atoms with Crippen molar-refractivity contribution in [3.63, 3.8) is 0 Å². The Morgan fingerprint density at radius 1 is 1.08 bits per heavy atom. The summed E-state index contributed by atoms with van der Waals surface area (Å²) in [6.07, 6.45) is 1.55. The van der Waals surface area contributed by atoms with E-state index in [1.807, 2.05) is 49.4 Å². The van der Waals surface area contributed by atoms with Gasteiger partial charge in [0.05, 0.1) is 12.0 Å². The van der Waals surface area contributed by atoms with E-state index in [4.69, 9.17) is 9.47 Å². The molecule has 0 aliphatic carbocycles. The minimum absolute atomic E-state index is 0.0933. The molecule has 0 atom stereocenters. The average Bonchev–Trinajstić information content (AvgIpc) is 2.66. The fourth-order valence-corrected chi connectivity index (χ4v) is 3.04. The number of benzene rings is 2. The van der Waals surface area contributed by atoms with Crippen molar-refractivity contribution in [2.45, 2.75) is 19.8 Å². The highest BCUT2D eigenvalue weighted by Crippen LogP contribution is 2.30. The van der Waals surface area contributed by atoms with E-state index in [1.165, 1.54) is 0 Å². The van der Waals surface area contributed by atoms with Gasteiger partial charge in [0.25, 0.3) is 0 Å². The van der Waals surface area contributed by atoms with Crippen LogP contribution in [0.25, 0.3) is 11.1 Å². The molecule has 0 spiro atoms. The molecule has 0 saturated carbocycles. The van der Waals surface area contributed by atoms with Crippen molar-refractivity contribution < 1.29 is 14.3 Å². The Balaban J connectivity index is 1.54. The summed E-state index contributed by atoms with van der Waals surface area (Å²) in [4.78, 5) is 12.4. The van der Waals surface area contributed by atoms with Crippen molar-refractivity contribution in [3.8, 4) is 16.9 Å². The van der Waals surface area contributed by atoms with Crippen molar-refractivity contribution in [3.05, 3.63) is 54.6 Å². The number of amides is 1. The first-order valence-electron chi connectivity index (χ1n) is 8.82. The highest BCUT2D eigenvalue weighted by Gasteiger charge is 2.34. The van der Waals surface area contributed by atoms with E-state index < -0.39 is 0 Å². The standard InChI is InChI=1S/C21H25NO3/c1-21(11-14-24-15-12-21)20(23)22-13-16-25-19-10-6-5-9-18(19)17-7-3-2-4-8-17/h2-10H,11-16H2,1H3,(H,22,23). The van der Waals surface area contributed by atoms with Gasteiger partial charge in [-0.15, -0.1) is 0 Å². The van der Waals surface area contributed by atoms with E-state index in [9.17, 15) is 4.79 Å². The van der Waals surface area contributed by atoms with Gasteiger partial charge in [0, 0.05) is 18.8 Å². The van der Waals surface area contributed by atoms with Gasteiger partial charge in [-0.1, -0.05) is 55.5 Å². The summed E-state index contributed by atoms with van der Waals surface area (Å²) < 4.78 is 11.3. The summed E-state index contributed by atoms with van der Waals surface area (Å²) in [7, 11) is 0. The molecular weight excluding hydrogens is 314 g/mol. The summed E-state index contributed by atoms with van der Waals surface area (Å²) in [6.45, 7) is 4.27. The molecule has 4 nitrogen and oxygen atoms in total. The molecule has 1 aliphatic rings. The highest BCUT2D eigenvalue weighted by molar-refractivity contribution is 5.82. The predicted octanol–water partition coefficient (Wildman–Crippen LogP) is 3.67. The van der Waals surface area contributed by atoms with Crippen LogP contribution in [0.4, 0.5) is 0 Å². The molecule has 25 heavy (non-hydrogen) atoms. The number of hydrogen-bond donors (Lipinski definition) is 1. The number of carbonyl (C=O) groups excluding carboxylic acids is 1. The van der Waals surface area contributed by atoms with Gasteiger partial charge in [-0.3, -0.25) is 4.79 Å². The Bertz CT molecular complexity index is 693. The molecule has 0 aromatic heterocycles. The number of carbonyl (C=O) groups is 1. The Morgan fingerprint density at radius 3 is 2.52 bits per heavy atom. The van der Waals surface area contributed by atoms with Crippen LogP contribution in [0.5, 0.6) is 5.75 Å². The molecule has 1 amide bonds. The van der Waals surface area contributed by atoms with Crippen LogP contribution >= 0.6 is 0 Å². The number of hydrogen-bond acceptors (Lipinski definition) is 3. The topological polar surface area (TPSA) is 47.6 Å². The van der Waals surface area contributed by atoms with Crippen LogP contribution in [0, 0.1) is 5.41 Å². The van der Waals surface area contributed by atoms with Crippen LogP contribution in [0.3, 0.4) is 0 Å². The minimum Gasteiger partial charge on any atom is -0.491 e. The second-order valence-corrected chi connectivity index (χ2v) is 6.64. The molecule has 0 bridgehead atoms. The van der Waals surface area contributed by atoms with Crippen molar-refractivity contribution in [2.24, 2.45) is 5.41 Å². The van der Waals surface area contributed by atoms with E-state index in [0.29, 0.717) is 26.4 Å². The lowest BCUT2D eigenvalue weighted by molar-refractivity contribution is -0.135. The minimum atomic E-state index is -0.319. The van der Waals surface area contributed by atoms with Gasteiger partial charge < -0.3 is 14.8 Å². The summed E-state index contributed by atoms with van der Waals surface area (Å²) in [5.41, 5.74) is 1.86. The zero-order chi connectivity index (χ0) is 17.5. The molecule has 1 aliphatic heterocycles. The molecule has 2 aromatic rings. The molecule has 3 rings (SSSR count). The Kier molecular flexibility index (Phi) is 5.71. The van der Waals surface area contributed by atoms with Crippen LogP contribution in [0.2, 0.25) is 0 Å². The van der Waals surface area contributed by atoms with Gasteiger partial charge in [-0.2, -0.15) is 0 Å². The predicted molar refractivity (Wildman–Crippen MR) is 98.5 cm³/mol. The van der Waals surface area contributed by atoms with E-state index >= 15 is 0 Å². The maximum absolute atomic E-state index is 12.4. The lowest BCUT2D eigenvalue weighted by Crippen LogP contribution is -2.43. The molecule has 4 heteroatoms. The van der Waals surface area contributed by atoms with E-state index in [-0.39, 0.29) is 11.3 Å². The van der Waals surface area contributed by atoms with Crippen molar-refractivity contribution in [2.75, 3.05) is 26.4 Å². The maximum atomic E-state index is 12.4. The third-order valence-corrected chi connectivity index (χ3v) is 4.76. The quantitative estimate of drug-likeness (QED) is 0.817. The molecule has 1 fully saturated rings. The normalized spacial score (nSPS) is 16.2. The summed E-state index contributed by atoms with van der Waals surface area (Å²) in [5.74, 6) is 0.927. The zero-order valence-corrected chi connectivity index (χ0v) is 14.7. The fourth-order valence-electron chi connectivity index (χ4n) is 3.04. The van der Waals surface area contributed by atoms with E-state index in [0.717, 1.165) is 29.7 Å². The molecule has 1 N–H and O–H groups in total. The Morgan fingerprint density at radius 2 is 1.76 bits per heavy atom. The van der Waals surface area contributed by atoms with Gasteiger partial charge in [-0.05, 0) is 24.5 Å². The summed E-state index contributed by atoms with van der Waals surface area (Å²) in [6, 6.07) is 18.1. The maximum Gasteiger partial charge on any atom is 0.226 e. The van der Waals surface area contributed by atoms with Gasteiger partial charge in [0.15, 0.2) is 0 Å². The Hall–Kier alpha value is -2.33. The fraction of sp³-hybridized carbons (Fsp3) is 0.381. The lowest BCUT2D eigenvalue weighted by atomic mass is 9.81. The van der Waals surface area contributed by atoms with Crippen LogP contribution in [0.1, 0.15) is 19.8 Å². The van der Waals surface area contributed by atoms with Crippen molar-refractivity contribution >= 4 is 5.91 Å². The molecule has 2 aromatic carbocycles. The third kappa shape index (κ3) is 4.40. The lowest BCUT2D eigenvalue weighted by Gasteiger charge is -2.31. The largest absolute Gasteiger partial charge is 0.491 e. The highest BCUT2D eigenvalue weighted by atomic mass is 16.5. The van der Waals surface area contributed by atoms with Crippen LogP contribution in [-0.4, -0.2) is 32.3 Å². The second kappa shape index (κ2) is 8.17. The zero-order valence-electron chi connectivity index (χ0n) is 14.7. The van der Waals surface area contributed by atoms with Gasteiger partial charge >= 0.3 is 0 Å². The van der Waals surface area contributed by atoms with Crippen LogP contribution < -0.4 is 10.1 Å². The first-order valence-corrected chi connectivity index (χ1v) is 8.82. The number of para-hydroxylation sites is 1. The summed E-state index contributed by atoms with van der Waals surface area (Å²) >= 11 is 0. The number of ether oxygens (including phenoxy) is 2. The van der Waals surface area contributed by atoms with Crippen LogP contribution in [-0.2, 0) is 9.53 Å². The van der Waals surface area contributed by atoms with E-state index in [2.05, 4.69) is 17.4 Å². The molecule has 1 heterocycles. The molecule has 1 saturated heterocycles. The second-order valence-electron chi connectivity index (χ2n) is 6.64. The molecule has 0 unspecified atom stereocenters. The van der Waals surface area contributed by atoms with Gasteiger partial charge in [0.1, 0.15) is 12.4 Å². The monoisotopic (exact) mass is 339 g/mol. The SMILES string of the molecule is CC1(C(=O)NCCOc2ccccc2-c2ccccc2)CCOCC1. The first kappa shape index (κ1) is 17.5. The Labute approximate surface area is 149 Å².